The van der Waals surface area contributed by atoms with Gasteiger partial charge >= 0.3 is 5.97 Å². The predicted molar refractivity (Wildman–Crippen MR) is 99.3 cm³/mol. The molecule has 1 amide bonds. The zero-order valence-corrected chi connectivity index (χ0v) is 15.2. The zero-order chi connectivity index (χ0) is 18.5. The van der Waals surface area contributed by atoms with Gasteiger partial charge in [0.05, 0.1) is 28.4 Å². The predicted octanol–water partition coefficient (Wildman–Crippen LogP) is 3.17. The highest BCUT2D eigenvalue weighted by Gasteiger charge is 2.19. The van der Waals surface area contributed by atoms with Crippen LogP contribution in [0.5, 0.6) is 5.75 Å². The van der Waals surface area contributed by atoms with Gasteiger partial charge in [-0.3, -0.25) is 4.79 Å². The van der Waals surface area contributed by atoms with Crippen LogP contribution in [0.25, 0.3) is 10.2 Å². The van der Waals surface area contributed by atoms with Gasteiger partial charge in [0.2, 0.25) is 0 Å². The summed E-state index contributed by atoms with van der Waals surface area (Å²) in [6.45, 7) is 1.89. The van der Waals surface area contributed by atoms with E-state index in [1.807, 2.05) is 24.3 Å². The van der Waals surface area contributed by atoms with E-state index in [-0.39, 0.29) is 5.91 Å². The maximum atomic E-state index is 12.2. The van der Waals surface area contributed by atoms with E-state index < -0.39 is 12.1 Å². The van der Waals surface area contributed by atoms with Crippen molar-refractivity contribution in [1.82, 2.24) is 10.3 Å². The second-order valence-corrected chi connectivity index (χ2v) is 6.53. The number of nitrogens with zero attached hydrogens (tertiary/aromatic N) is 1. The number of carbonyl (C=O) groups excluding carboxylic acids is 2. The van der Waals surface area contributed by atoms with Crippen LogP contribution in [-0.4, -0.2) is 30.1 Å². The largest absolute Gasteiger partial charge is 0.497 e. The first-order chi connectivity index (χ1) is 12.6. The Balaban J connectivity index is 1.54. The van der Waals surface area contributed by atoms with Crippen LogP contribution in [0.2, 0.25) is 0 Å². The lowest BCUT2D eigenvalue weighted by Crippen LogP contribution is -2.35. The van der Waals surface area contributed by atoms with E-state index in [4.69, 9.17) is 9.47 Å². The molecule has 134 valence electrons. The number of nitrogens with one attached hydrogen (secondary N) is 1. The van der Waals surface area contributed by atoms with Crippen LogP contribution in [0.4, 0.5) is 0 Å². The van der Waals surface area contributed by atoms with Gasteiger partial charge < -0.3 is 14.8 Å². The number of benzene rings is 2. The number of methoxy groups -OCH3 is 1. The van der Waals surface area contributed by atoms with E-state index in [0.29, 0.717) is 12.1 Å². The fraction of sp³-hybridized carbons (Fsp3) is 0.211. The minimum atomic E-state index is -0.891. The van der Waals surface area contributed by atoms with Crippen LogP contribution >= 0.6 is 11.3 Å². The molecule has 0 saturated heterocycles. The van der Waals surface area contributed by atoms with Gasteiger partial charge in [0.25, 0.3) is 5.91 Å². The van der Waals surface area contributed by atoms with Crippen molar-refractivity contribution in [1.29, 1.82) is 0 Å². The fourth-order valence-electron chi connectivity index (χ4n) is 2.34. The van der Waals surface area contributed by atoms with E-state index >= 15 is 0 Å². The van der Waals surface area contributed by atoms with Gasteiger partial charge in [0.15, 0.2) is 6.10 Å². The third-order valence-corrected chi connectivity index (χ3v) is 4.64. The van der Waals surface area contributed by atoms with E-state index in [1.54, 1.807) is 37.7 Å². The molecular weight excluding hydrogens is 352 g/mol. The van der Waals surface area contributed by atoms with Crippen LogP contribution in [0.15, 0.2) is 48.0 Å². The van der Waals surface area contributed by atoms with Crippen molar-refractivity contribution >= 4 is 33.4 Å². The number of thiazole rings is 1. The molecule has 0 aliphatic carbocycles. The van der Waals surface area contributed by atoms with Crippen molar-refractivity contribution in [2.45, 2.75) is 19.6 Å². The minimum absolute atomic E-state index is 0.345. The van der Waals surface area contributed by atoms with Gasteiger partial charge in [-0.15, -0.1) is 11.3 Å². The summed E-state index contributed by atoms with van der Waals surface area (Å²) in [7, 11) is 1.60. The SMILES string of the molecule is COc1ccc(CNC(=O)[C@@H](C)OC(=O)c2ccc3ncsc3c2)cc1. The molecule has 3 rings (SSSR count). The standard InChI is InChI=1S/C19H18N2O4S/c1-12(18(22)20-10-13-3-6-15(24-2)7-4-13)25-19(23)14-5-8-16-17(9-14)26-11-21-16/h3-9,11-12H,10H2,1-2H3,(H,20,22)/t12-/m1/s1. The Morgan fingerprint density at radius 1 is 1.19 bits per heavy atom. The number of ether oxygens (including phenoxy) is 2. The van der Waals surface area contributed by atoms with Crippen molar-refractivity contribution in [3.05, 3.63) is 59.1 Å². The maximum absolute atomic E-state index is 12.2. The summed E-state index contributed by atoms with van der Waals surface area (Å²) in [4.78, 5) is 28.6. The van der Waals surface area contributed by atoms with Gasteiger partial charge in [-0.1, -0.05) is 12.1 Å². The highest BCUT2D eigenvalue weighted by Crippen LogP contribution is 2.20. The summed E-state index contributed by atoms with van der Waals surface area (Å²) in [5, 5.41) is 2.75. The lowest BCUT2D eigenvalue weighted by Gasteiger charge is -2.13. The van der Waals surface area contributed by atoms with E-state index in [9.17, 15) is 9.59 Å². The van der Waals surface area contributed by atoms with Crippen LogP contribution < -0.4 is 10.1 Å². The third-order valence-electron chi connectivity index (χ3n) is 3.85. The summed E-state index contributed by atoms with van der Waals surface area (Å²) in [6, 6.07) is 12.5. The molecule has 0 aliphatic heterocycles. The summed E-state index contributed by atoms with van der Waals surface area (Å²) < 4.78 is 11.3. The monoisotopic (exact) mass is 370 g/mol. The van der Waals surface area contributed by atoms with Gasteiger partial charge in [-0.2, -0.15) is 0 Å². The molecule has 6 nitrogen and oxygen atoms in total. The summed E-state index contributed by atoms with van der Waals surface area (Å²) in [6.07, 6.45) is -0.891. The van der Waals surface area contributed by atoms with E-state index in [1.165, 1.54) is 11.3 Å². The second kappa shape index (κ2) is 7.97. The van der Waals surface area contributed by atoms with E-state index in [2.05, 4.69) is 10.3 Å². The molecule has 0 spiro atoms. The molecule has 2 aromatic carbocycles. The Morgan fingerprint density at radius 3 is 2.69 bits per heavy atom. The average Bonchev–Trinajstić information content (AvgIpc) is 3.14. The summed E-state index contributed by atoms with van der Waals surface area (Å²) in [5.41, 5.74) is 3.87. The van der Waals surface area contributed by atoms with Crippen molar-refractivity contribution in [2.24, 2.45) is 0 Å². The molecule has 0 radical (unpaired) electrons. The molecule has 1 N–H and O–H groups in total. The van der Waals surface area contributed by atoms with Crippen LogP contribution in [0.3, 0.4) is 0 Å². The van der Waals surface area contributed by atoms with Crippen molar-refractivity contribution in [3.63, 3.8) is 0 Å². The number of esters is 1. The fourth-order valence-corrected chi connectivity index (χ4v) is 3.06. The van der Waals surface area contributed by atoms with Gasteiger partial charge in [0, 0.05) is 6.54 Å². The Morgan fingerprint density at radius 2 is 1.96 bits per heavy atom. The normalized spacial score (nSPS) is 11.8. The first-order valence-electron chi connectivity index (χ1n) is 8.01. The quantitative estimate of drug-likeness (QED) is 0.675. The number of rotatable bonds is 6. The molecule has 26 heavy (non-hydrogen) atoms. The molecule has 0 fully saturated rings. The molecule has 0 bridgehead atoms. The molecule has 0 saturated carbocycles. The molecule has 0 aliphatic rings. The van der Waals surface area contributed by atoms with Gasteiger partial charge in [-0.25, -0.2) is 9.78 Å². The second-order valence-electron chi connectivity index (χ2n) is 5.65. The van der Waals surface area contributed by atoms with Crippen molar-refractivity contribution in [3.8, 4) is 5.75 Å². The highest BCUT2D eigenvalue weighted by molar-refractivity contribution is 7.16. The third kappa shape index (κ3) is 4.18. The van der Waals surface area contributed by atoms with Crippen molar-refractivity contribution < 1.29 is 19.1 Å². The lowest BCUT2D eigenvalue weighted by molar-refractivity contribution is -0.129. The molecular formula is C19H18N2O4S. The highest BCUT2D eigenvalue weighted by atomic mass is 32.1. The number of hydrogen-bond donors (Lipinski definition) is 1. The lowest BCUT2D eigenvalue weighted by atomic mass is 10.2. The van der Waals surface area contributed by atoms with Crippen LogP contribution in [0, 0.1) is 0 Å². The summed E-state index contributed by atoms with van der Waals surface area (Å²) in [5.74, 6) is -0.138. The zero-order valence-electron chi connectivity index (χ0n) is 14.4. The number of amides is 1. The topological polar surface area (TPSA) is 77.5 Å². The van der Waals surface area contributed by atoms with Gasteiger partial charge in [0.1, 0.15) is 5.75 Å². The molecule has 3 aromatic rings. The summed E-state index contributed by atoms with van der Waals surface area (Å²) >= 11 is 1.45. The number of carbonyl (C=O) groups is 2. The molecule has 0 unspecified atom stereocenters. The molecule has 1 atom stereocenters. The first kappa shape index (κ1) is 17.9. The van der Waals surface area contributed by atoms with Crippen molar-refractivity contribution in [2.75, 3.05) is 7.11 Å². The number of fused-ring (bicyclic) bond motifs is 1. The Bertz CT molecular complexity index is 921. The minimum Gasteiger partial charge on any atom is -0.497 e. The molecule has 7 heteroatoms. The van der Waals surface area contributed by atoms with E-state index in [0.717, 1.165) is 21.5 Å². The molecule has 1 heterocycles. The average molecular weight is 370 g/mol. The number of hydrogen-bond acceptors (Lipinski definition) is 6. The van der Waals surface area contributed by atoms with Gasteiger partial charge in [-0.05, 0) is 42.8 Å². The molecule has 1 aromatic heterocycles. The Hall–Kier alpha value is -2.93. The first-order valence-corrected chi connectivity index (χ1v) is 8.89. The van der Waals surface area contributed by atoms with Crippen LogP contribution in [0.1, 0.15) is 22.8 Å². The smallest absolute Gasteiger partial charge is 0.338 e. The Labute approximate surface area is 154 Å². The van der Waals surface area contributed by atoms with Crippen LogP contribution in [-0.2, 0) is 16.1 Å². The number of aromatic nitrogens is 1. The maximum Gasteiger partial charge on any atom is 0.338 e. The Kier molecular flexibility index (Phi) is 5.48.